The lowest BCUT2D eigenvalue weighted by Gasteiger charge is -2.33. The second-order valence-electron chi connectivity index (χ2n) is 4.89. The molecule has 2 N–H and O–H groups in total. The number of amides is 1. The number of para-hydroxylation sites is 1. The molecule has 0 aromatic heterocycles. The SMILES string of the molecule is Cc1ccccc1NC(=O)CN1CCNC[C@H]1C. The average Bonchev–Trinajstić information content (AvgIpc) is 2.35. The van der Waals surface area contributed by atoms with Crippen LogP contribution in [0.25, 0.3) is 0 Å². The summed E-state index contributed by atoms with van der Waals surface area (Å²) in [5.41, 5.74) is 2.00. The molecule has 0 unspecified atom stereocenters. The highest BCUT2D eigenvalue weighted by Crippen LogP contribution is 2.13. The molecule has 1 heterocycles. The zero-order valence-electron chi connectivity index (χ0n) is 11.1. The lowest BCUT2D eigenvalue weighted by Crippen LogP contribution is -2.52. The highest BCUT2D eigenvalue weighted by atomic mass is 16.2. The number of rotatable bonds is 3. The summed E-state index contributed by atoms with van der Waals surface area (Å²) < 4.78 is 0. The number of hydrogen-bond donors (Lipinski definition) is 2. The van der Waals surface area contributed by atoms with Crippen molar-refractivity contribution in [2.24, 2.45) is 0 Å². The first-order valence-corrected chi connectivity index (χ1v) is 6.47. The molecular weight excluding hydrogens is 226 g/mol. The summed E-state index contributed by atoms with van der Waals surface area (Å²) in [5, 5.41) is 6.30. The van der Waals surface area contributed by atoms with Gasteiger partial charge in [-0.25, -0.2) is 0 Å². The Morgan fingerprint density at radius 1 is 1.50 bits per heavy atom. The van der Waals surface area contributed by atoms with Crippen LogP contribution >= 0.6 is 0 Å². The standard InChI is InChI=1S/C14H21N3O/c1-11-5-3-4-6-13(11)16-14(18)10-17-8-7-15-9-12(17)2/h3-6,12,15H,7-10H2,1-2H3,(H,16,18)/t12-/m1/s1. The number of piperazine rings is 1. The Kier molecular flexibility index (Phi) is 4.33. The van der Waals surface area contributed by atoms with E-state index in [1.807, 2.05) is 31.2 Å². The Morgan fingerprint density at radius 3 is 3.00 bits per heavy atom. The van der Waals surface area contributed by atoms with Gasteiger partial charge >= 0.3 is 0 Å². The Labute approximate surface area is 108 Å². The molecule has 1 saturated heterocycles. The molecule has 4 nitrogen and oxygen atoms in total. The molecule has 1 atom stereocenters. The molecule has 0 radical (unpaired) electrons. The van der Waals surface area contributed by atoms with Crippen molar-refractivity contribution < 1.29 is 4.79 Å². The van der Waals surface area contributed by atoms with Crippen LogP contribution in [-0.4, -0.2) is 43.0 Å². The largest absolute Gasteiger partial charge is 0.325 e. The third-order valence-electron chi connectivity index (χ3n) is 3.40. The van der Waals surface area contributed by atoms with Gasteiger partial charge in [-0.05, 0) is 25.5 Å². The molecule has 1 aromatic rings. The van der Waals surface area contributed by atoms with Gasteiger partial charge in [-0.3, -0.25) is 9.69 Å². The fourth-order valence-corrected chi connectivity index (χ4v) is 2.21. The predicted molar refractivity (Wildman–Crippen MR) is 73.7 cm³/mol. The van der Waals surface area contributed by atoms with Gasteiger partial charge in [0.1, 0.15) is 0 Å². The van der Waals surface area contributed by atoms with Crippen LogP contribution in [0.15, 0.2) is 24.3 Å². The molecular formula is C14H21N3O. The summed E-state index contributed by atoms with van der Waals surface area (Å²) in [5.74, 6) is 0.0676. The molecule has 0 spiro atoms. The van der Waals surface area contributed by atoms with Gasteiger partial charge in [0.2, 0.25) is 5.91 Å². The van der Waals surface area contributed by atoms with Crippen molar-refractivity contribution in [2.45, 2.75) is 19.9 Å². The van der Waals surface area contributed by atoms with Gasteiger partial charge in [0, 0.05) is 31.4 Å². The van der Waals surface area contributed by atoms with Gasteiger partial charge in [-0.1, -0.05) is 18.2 Å². The molecule has 0 saturated carbocycles. The van der Waals surface area contributed by atoms with Crippen molar-refractivity contribution >= 4 is 11.6 Å². The zero-order valence-corrected chi connectivity index (χ0v) is 11.1. The third-order valence-corrected chi connectivity index (χ3v) is 3.40. The third kappa shape index (κ3) is 3.31. The second kappa shape index (κ2) is 5.98. The lowest BCUT2D eigenvalue weighted by molar-refractivity contribution is -0.118. The molecule has 1 amide bonds. The van der Waals surface area contributed by atoms with Crippen LogP contribution in [-0.2, 0) is 4.79 Å². The van der Waals surface area contributed by atoms with Crippen molar-refractivity contribution in [1.29, 1.82) is 0 Å². The molecule has 0 aliphatic carbocycles. The Bertz CT molecular complexity index is 419. The first-order valence-electron chi connectivity index (χ1n) is 6.47. The van der Waals surface area contributed by atoms with Crippen molar-refractivity contribution in [3.8, 4) is 0 Å². The number of carbonyl (C=O) groups is 1. The van der Waals surface area contributed by atoms with Crippen LogP contribution in [0, 0.1) is 6.92 Å². The monoisotopic (exact) mass is 247 g/mol. The highest BCUT2D eigenvalue weighted by molar-refractivity contribution is 5.92. The van der Waals surface area contributed by atoms with E-state index in [0.717, 1.165) is 30.9 Å². The van der Waals surface area contributed by atoms with Crippen molar-refractivity contribution in [1.82, 2.24) is 10.2 Å². The summed E-state index contributed by atoms with van der Waals surface area (Å²) in [7, 11) is 0. The first-order chi connectivity index (χ1) is 8.66. The maximum Gasteiger partial charge on any atom is 0.238 e. The van der Waals surface area contributed by atoms with Crippen LogP contribution in [0.3, 0.4) is 0 Å². The van der Waals surface area contributed by atoms with E-state index < -0.39 is 0 Å². The second-order valence-corrected chi connectivity index (χ2v) is 4.89. The lowest BCUT2D eigenvalue weighted by atomic mass is 10.2. The Balaban J connectivity index is 1.90. The maximum absolute atomic E-state index is 12.0. The number of aryl methyl sites for hydroxylation is 1. The van der Waals surface area contributed by atoms with E-state index in [-0.39, 0.29) is 5.91 Å². The number of anilines is 1. The van der Waals surface area contributed by atoms with E-state index in [1.165, 1.54) is 0 Å². The number of hydrogen-bond acceptors (Lipinski definition) is 3. The summed E-state index contributed by atoms with van der Waals surface area (Å²) >= 11 is 0. The molecule has 1 aliphatic heterocycles. The number of nitrogens with one attached hydrogen (secondary N) is 2. The fraction of sp³-hybridized carbons (Fsp3) is 0.500. The summed E-state index contributed by atoms with van der Waals surface area (Å²) in [6, 6.07) is 8.28. The molecule has 1 fully saturated rings. The first kappa shape index (κ1) is 13.1. The normalized spacial score (nSPS) is 20.7. The van der Waals surface area contributed by atoms with Crippen LogP contribution in [0.4, 0.5) is 5.69 Å². The zero-order chi connectivity index (χ0) is 13.0. The summed E-state index contributed by atoms with van der Waals surface area (Å²) in [4.78, 5) is 14.2. The van der Waals surface area contributed by atoms with Crippen LogP contribution in [0.1, 0.15) is 12.5 Å². The number of benzene rings is 1. The molecule has 4 heteroatoms. The minimum Gasteiger partial charge on any atom is -0.325 e. The molecule has 2 rings (SSSR count). The fourth-order valence-electron chi connectivity index (χ4n) is 2.21. The number of nitrogens with zero attached hydrogens (tertiary/aromatic N) is 1. The smallest absolute Gasteiger partial charge is 0.238 e. The maximum atomic E-state index is 12.0. The molecule has 18 heavy (non-hydrogen) atoms. The molecule has 98 valence electrons. The van der Waals surface area contributed by atoms with E-state index >= 15 is 0 Å². The van der Waals surface area contributed by atoms with Gasteiger partial charge in [-0.15, -0.1) is 0 Å². The molecule has 0 bridgehead atoms. The topological polar surface area (TPSA) is 44.4 Å². The Hall–Kier alpha value is -1.39. The van der Waals surface area contributed by atoms with Gasteiger partial charge in [0.25, 0.3) is 0 Å². The predicted octanol–water partition coefficient (Wildman–Crippen LogP) is 1.23. The van der Waals surface area contributed by atoms with Gasteiger partial charge < -0.3 is 10.6 Å². The van der Waals surface area contributed by atoms with Crippen LogP contribution in [0.2, 0.25) is 0 Å². The number of carbonyl (C=O) groups excluding carboxylic acids is 1. The van der Waals surface area contributed by atoms with E-state index in [1.54, 1.807) is 0 Å². The Morgan fingerprint density at radius 2 is 2.28 bits per heavy atom. The van der Waals surface area contributed by atoms with E-state index in [2.05, 4.69) is 22.5 Å². The summed E-state index contributed by atoms with van der Waals surface area (Å²) in [6.07, 6.45) is 0. The molecule has 1 aromatic carbocycles. The van der Waals surface area contributed by atoms with E-state index in [4.69, 9.17) is 0 Å². The van der Waals surface area contributed by atoms with E-state index in [0.29, 0.717) is 12.6 Å². The minimum absolute atomic E-state index is 0.0676. The van der Waals surface area contributed by atoms with Crippen LogP contribution < -0.4 is 10.6 Å². The van der Waals surface area contributed by atoms with Gasteiger partial charge in [-0.2, -0.15) is 0 Å². The van der Waals surface area contributed by atoms with Gasteiger partial charge in [0.05, 0.1) is 6.54 Å². The summed E-state index contributed by atoms with van der Waals surface area (Å²) in [6.45, 7) is 7.47. The van der Waals surface area contributed by atoms with E-state index in [9.17, 15) is 4.79 Å². The highest BCUT2D eigenvalue weighted by Gasteiger charge is 2.20. The van der Waals surface area contributed by atoms with Crippen molar-refractivity contribution in [2.75, 3.05) is 31.5 Å². The van der Waals surface area contributed by atoms with Gasteiger partial charge in [0.15, 0.2) is 0 Å². The molecule has 1 aliphatic rings. The van der Waals surface area contributed by atoms with Crippen molar-refractivity contribution in [3.63, 3.8) is 0 Å². The van der Waals surface area contributed by atoms with Crippen molar-refractivity contribution in [3.05, 3.63) is 29.8 Å². The van der Waals surface area contributed by atoms with Crippen LogP contribution in [0.5, 0.6) is 0 Å². The quantitative estimate of drug-likeness (QED) is 0.844. The average molecular weight is 247 g/mol. The minimum atomic E-state index is 0.0676.